The molecular formula is C18H26N4O4S. The van der Waals surface area contributed by atoms with Crippen molar-refractivity contribution in [3.8, 4) is 0 Å². The smallest absolute Gasteiger partial charge is 0.270 e. The number of non-ortho nitro benzene ring substituents is 1. The first-order valence-electron chi connectivity index (χ1n) is 9.27. The number of rotatable bonds is 7. The van der Waals surface area contributed by atoms with E-state index in [1.165, 1.54) is 28.1 Å². The van der Waals surface area contributed by atoms with Crippen LogP contribution >= 0.6 is 0 Å². The second-order valence-corrected chi connectivity index (χ2v) is 9.01. The molecule has 1 aromatic carbocycles. The third kappa shape index (κ3) is 4.66. The summed E-state index contributed by atoms with van der Waals surface area (Å²) in [5.74, 6) is 0. The Hall–Kier alpha value is -1.97. The molecule has 0 unspecified atom stereocenters. The molecule has 0 aliphatic carbocycles. The standard InChI is InChI=1S/C18H26N4O4S/c1-20-12-7-15(8-13-20)6-9-19-17-5-4-16(22(23)24)14-18(17)27(25,26)21-10-2-3-11-21/h4-5,7,14,19H,2-3,6,8-13H2,1H3. The van der Waals surface area contributed by atoms with Crippen molar-refractivity contribution in [2.45, 2.75) is 30.6 Å². The molecule has 27 heavy (non-hydrogen) atoms. The molecule has 2 aliphatic rings. The van der Waals surface area contributed by atoms with E-state index >= 15 is 0 Å². The molecule has 148 valence electrons. The number of hydrogen-bond donors (Lipinski definition) is 1. The molecule has 0 amide bonds. The van der Waals surface area contributed by atoms with Crippen molar-refractivity contribution in [2.24, 2.45) is 0 Å². The third-order valence-corrected chi connectivity index (χ3v) is 7.07. The van der Waals surface area contributed by atoms with Crippen molar-refractivity contribution in [1.82, 2.24) is 9.21 Å². The summed E-state index contributed by atoms with van der Waals surface area (Å²) in [6.45, 7) is 3.48. The normalized spacial score (nSPS) is 19.1. The Balaban J connectivity index is 1.78. The average Bonchev–Trinajstić information content (AvgIpc) is 3.19. The van der Waals surface area contributed by atoms with Crippen LogP contribution in [0.2, 0.25) is 0 Å². The molecule has 0 spiro atoms. The van der Waals surface area contributed by atoms with Gasteiger partial charge in [0.1, 0.15) is 4.90 Å². The molecule has 0 atom stereocenters. The van der Waals surface area contributed by atoms with Crippen molar-refractivity contribution >= 4 is 21.4 Å². The maximum absolute atomic E-state index is 13.0. The van der Waals surface area contributed by atoms with Crippen molar-refractivity contribution < 1.29 is 13.3 Å². The molecule has 0 bridgehead atoms. The first-order chi connectivity index (χ1) is 12.9. The molecule has 9 heteroatoms. The van der Waals surface area contributed by atoms with Crippen LogP contribution in [0, 0.1) is 10.1 Å². The number of nitrogens with zero attached hydrogens (tertiary/aromatic N) is 3. The van der Waals surface area contributed by atoms with Gasteiger partial charge in [0, 0.05) is 44.9 Å². The zero-order valence-corrected chi connectivity index (χ0v) is 16.4. The van der Waals surface area contributed by atoms with E-state index in [1.54, 1.807) is 0 Å². The number of nitro benzene ring substituents is 1. The number of benzene rings is 1. The molecule has 2 aliphatic heterocycles. The molecule has 1 fully saturated rings. The van der Waals surface area contributed by atoms with E-state index in [0.717, 1.165) is 38.8 Å². The summed E-state index contributed by atoms with van der Waals surface area (Å²) in [6, 6.07) is 4.02. The summed E-state index contributed by atoms with van der Waals surface area (Å²) in [6.07, 6.45) is 5.69. The predicted octanol–water partition coefficient (Wildman–Crippen LogP) is 2.44. The Kier molecular flexibility index (Phi) is 6.13. The van der Waals surface area contributed by atoms with Crippen LogP contribution in [0.15, 0.2) is 34.7 Å². The lowest BCUT2D eigenvalue weighted by molar-refractivity contribution is -0.385. The quantitative estimate of drug-likeness (QED) is 0.434. The fourth-order valence-electron chi connectivity index (χ4n) is 3.45. The van der Waals surface area contributed by atoms with E-state index in [1.807, 2.05) is 0 Å². The molecule has 1 saturated heterocycles. The number of nitro groups is 1. The molecule has 1 aromatic rings. The maximum Gasteiger partial charge on any atom is 0.270 e. The number of hydrogen-bond acceptors (Lipinski definition) is 6. The van der Waals surface area contributed by atoms with Crippen LogP contribution in [0.25, 0.3) is 0 Å². The summed E-state index contributed by atoms with van der Waals surface area (Å²) >= 11 is 0. The van der Waals surface area contributed by atoms with Crippen LogP contribution in [0.3, 0.4) is 0 Å². The molecule has 3 rings (SSSR count). The second kappa shape index (κ2) is 8.37. The lowest BCUT2D eigenvalue weighted by Crippen LogP contribution is -2.28. The van der Waals surface area contributed by atoms with Gasteiger partial charge >= 0.3 is 0 Å². The van der Waals surface area contributed by atoms with Crippen molar-refractivity contribution in [2.75, 3.05) is 45.1 Å². The number of sulfonamides is 1. The highest BCUT2D eigenvalue weighted by Gasteiger charge is 2.30. The molecule has 0 radical (unpaired) electrons. The van der Waals surface area contributed by atoms with E-state index in [-0.39, 0.29) is 10.6 Å². The molecule has 8 nitrogen and oxygen atoms in total. The lowest BCUT2D eigenvalue weighted by Gasteiger charge is -2.22. The van der Waals surface area contributed by atoms with Crippen LogP contribution in [-0.4, -0.2) is 62.3 Å². The molecule has 0 aromatic heterocycles. The highest BCUT2D eigenvalue weighted by Crippen LogP contribution is 2.31. The lowest BCUT2D eigenvalue weighted by atomic mass is 10.1. The zero-order chi connectivity index (χ0) is 19.4. The maximum atomic E-state index is 13.0. The highest BCUT2D eigenvalue weighted by atomic mass is 32.2. The van der Waals surface area contributed by atoms with Gasteiger partial charge in [-0.3, -0.25) is 10.1 Å². The largest absolute Gasteiger partial charge is 0.384 e. The predicted molar refractivity (Wildman–Crippen MR) is 104 cm³/mol. The Labute approximate surface area is 160 Å². The van der Waals surface area contributed by atoms with Gasteiger partial charge in [-0.15, -0.1) is 0 Å². The summed E-state index contributed by atoms with van der Waals surface area (Å²) in [5.41, 5.74) is 1.57. The van der Waals surface area contributed by atoms with Gasteiger partial charge in [-0.2, -0.15) is 4.31 Å². The van der Waals surface area contributed by atoms with Crippen LogP contribution in [0.5, 0.6) is 0 Å². The van der Waals surface area contributed by atoms with Crippen molar-refractivity contribution in [3.63, 3.8) is 0 Å². The first-order valence-corrected chi connectivity index (χ1v) is 10.7. The second-order valence-electron chi connectivity index (χ2n) is 7.10. The average molecular weight is 394 g/mol. The van der Waals surface area contributed by atoms with Gasteiger partial charge in [0.15, 0.2) is 0 Å². The summed E-state index contributed by atoms with van der Waals surface area (Å²) in [7, 11) is -1.66. The van der Waals surface area contributed by atoms with Crippen LogP contribution < -0.4 is 5.32 Å². The summed E-state index contributed by atoms with van der Waals surface area (Å²) < 4.78 is 27.4. The van der Waals surface area contributed by atoms with E-state index in [2.05, 4.69) is 23.3 Å². The minimum atomic E-state index is -3.74. The van der Waals surface area contributed by atoms with E-state index in [0.29, 0.717) is 25.3 Å². The van der Waals surface area contributed by atoms with Crippen molar-refractivity contribution in [1.29, 1.82) is 0 Å². The van der Waals surface area contributed by atoms with Crippen LogP contribution in [0.1, 0.15) is 25.7 Å². The molecule has 1 N–H and O–H groups in total. The Morgan fingerprint density at radius 2 is 1.96 bits per heavy atom. The summed E-state index contributed by atoms with van der Waals surface area (Å²) in [4.78, 5) is 12.8. The van der Waals surface area contributed by atoms with Gasteiger partial charge in [0.25, 0.3) is 5.69 Å². The van der Waals surface area contributed by atoms with E-state index in [4.69, 9.17) is 0 Å². The minimum absolute atomic E-state index is 0.00374. The summed E-state index contributed by atoms with van der Waals surface area (Å²) in [5, 5.41) is 14.3. The van der Waals surface area contributed by atoms with Gasteiger partial charge in [0.2, 0.25) is 10.0 Å². The Morgan fingerprint density at radius 1 is 1.22 bits per heavy atom. The fraction of sp³-hybridized carbons (Fsp3) is 0.556. The van der Waals surface area contributed by atoms with E-state index in [9.17, 15) is 18.5 Å². The molecule has 2 heterocycles. The van der Waals surface area contributed by atoms with Gasteiger partial charge in [-0.25, -0.2) is 8.42 Å². The number of anilines is 1. The van der Waals surface area contributed by atoms with Crippen molar-refractivity contribution in [3.05, 3.63) is 40.0 Å². The van der Waals surface area contributed by atoms with Gasteiger partial charge < -0.3 is 10.2 Å². The van der Waals surface area contributed by atoms with E-state index < -0.39 is 14.9 Å². The van der Waals surface area contributed by atoms with Gasteiger partial charge in [-0.1, -0.05) is 11.6 Å². The topological polar surface area (TPSA) is 95.8 Å². The zero-order valence-electron chi connectivity index (χ0n) is 15.6. The monoisotopic (exact) mass is 394 g/mol. The van der Waals surface area contributed by atoms with Gasteiger partial charge in [0.05, 0.1) is 10.6 Å². The first kappa shape index (κ1) is 19.8. The highest BCUT2D eigenvalue weighted by molar-refractivity contribution is 7.89. The van der Waals surface area contributed by atoms with Crippen LogP contribution in [0.4, 0.5) is 11.4 Å². The fourth-order valence-corrected chi connectivity index (χ4v) is 5.15. The SMILES string of the molecule is CN1CC=C(CCNc2ccc([N+](=O)[O-])cc2S(=O)(=O)N2CCCC2)CC1. The third-order valence-electron chi connectivity index (χ3n) is 5.13. The molecule has 0 saturated carbocycles. The number of likely N-dealkylation sites (N-methyl/N-ethyl adjacent to an activating group) is 1. The Morgan fingerprint density at radius 3 is 2.59 bits per heavy atom. The molecular weight excluding hydrogens is 368 g/mol. The van der Waals surface area contributed by atoms with Gasteiger partial charge in [-0.05, 0) is 38.8 Å². The van der Waals surface area contributed by atoms with Crippen LogP contribution in [-0.2, 0) is 10.0 Å². The minimum Gasteiger partial charge on any atom is -0.384 e. The number of nitrogens with one attached hydrogen (secondary N) is 1. The Bertz CT molecular complexity index is 832.